The van der Waals surface area contributed by atoms with Gasteiger partial charge in [0.2, 0.25) is 0 Å². The third-order valence-corrected chi connectivity index (χ3v) is 6.19. The highest BCUT2D eigenvalue weighted by atomic mass is 35.5. The summed E-state index contributed by atoms with van der Waals surface area (Å²) in [6.45, 7) is 1.10. The van der Waals surface area contributed by atoms with Crippen LogP contribution in [0, 0.1) is 10.1 Å². The molecule has 4 rings (SSSR count). The van der Waals surface area contributed by atoms with Gasteiger partial charge in [-0.3, -0.25) is 14.9 Å². The van der Waals surface area contributed by atoms with Crippen molar-refractivity contribution in [1.29, 1.82) is 0 Å². The summed E-state index contributed by atoms with van der Waals surface area (Å²) in [5, 5.41) is 12.6. The summed E-state index contributed by atoms with van der Waals surface area (Å²) in [6, 6.07) is 12.1. The molecule has 0 aliphatic carbocycles. The topological polar surface area (TPSA) is 76.3 Å². The van der Waals surface area contributed by atoms with E-state index in [9.17, 15) is 14.9 Å². The van der Waals surface area contributed by atoms with Crippen molar-refractivity contribution >= 4 is 44.7 Å². The summed E-state index contributed by atoms with van der Waals surface area (Å²) in [4.78, 5) is 30.1. The Morgan fingerprint density at radius 3 is 2.89 bits per heavy atom. The molecule has 1 aliphatic heterocycles. The van der Waals surface area contributed by atoms with Crippen LogP contribution >= 0.6 is 22.9 Å². The molecule has 2 aromatic carbocycles. The number of hydrogen-bond donors (Lipinski definition) is 0. The molecule has 0 radical (unpaired) electrons. The molecule has 3 aromatic rings. The normalized spacial score (nSPS) is 17.2. The van der Waals surface area contributed by atoms with Crippen molar-refractivity contribution in [1.82, 2.24) is 9.88 Å². The molecule has 6 nitrogen and oxygen atoms in total. The average molecular weight is 402 g/mol. The number of halogens is 1. The standard InChI is InChI=1S/C19H16ClN3O3S/c20-13-7-8-14(16(10-13)23(25)26)19(24)22-9-3-4-12(11-22)18-21-15-5-1-2-6-17(15)27-18/h1-2,5-8,10,12H,3-4,9,11H2. The molecular formula is C19H16ClN3O3S. The first-order valence-corrected chi connectivity index (χ1v) is 9.81. The average Bonchev–Trinajstić information content (AvgIpc) is 3.12. The number of thiazole rings is 1. The molecular weight excluding hydrogens is 386 g/mol. The van der Waals surface area contributed by atoms with E-state index in [2.05, 4.69) is 0 Å². The maximum atomic E-state index is 12.9. The maximum absolute atomic E-state index is 12.9. The van der Waals surface area contributed by atoms with Crippen molar-refractivity contribution in [2.75, 3.05) is 13.1 Å². The van der Waals surface area contributed by atoms with Gasteiger partial charge in [-0.2, -0.15) is 0 Å². The molecule has 138 valence electrons. The summed E-state index contributed by atoms with van der Waals surface area (Å²) < 4.78 is 1.13. The predicted molar refractivity (Wildman–Crippen MR) is 106 cm³/mol. The van der Waals surface area contributed by atoms with E-state index in [0.717, 1.165) is 28.1 Å². The highest BCUT2D eigenvalue weighted by molar-refractivity contribution is 7.18. The molecule has 0 spiro atoms. The third-order valence-electron chi connectivity index (χ3n) is 4.76. The van der Waals surface area contributed by atoms with Crippen LogP contribution in [0.25, 0.3) is 10.2 Å². The number of carbonyl (C=O) groups excluding carboxylic acids is 1. The molecule has 1 aromatic heterocycles. The summed E-state index contributed by atoms with van der Waals surface area (Å²) in [5.41, 5.74) is 0.790. The fraction of sp³-hybridized carbons (Fsp3) is 0.263. The molecule has 27 heavy (non-hydrogen) atoms. The Kier molecular flexibility index (Phi) is 4.80. The summed E-state index contributed by atoms with van der Waals surface area (Å²) in [7, 11) is 0. The van der Waals surface area contributed by atoms with Crippen LogP contribution in [0.5, 0.6) is 0 Å². The fourth-order valence-corrected chi connectivity index (χ4v) is 4.69. The Morgan fingerprint density at radius 2 is 2.11 bits per heavy atom. The van der Waals surface area contributed by atoms with E-state index < -0.39 is 4.92 Å². The van der Waals surface area contributed by atoms with Gasteiger partial charge in [0.05, 0.1) is 20.1 Å². The van der Waals surface area contributed by atoms with E-state index in [0.29, 0.717) is 13.1 Å². The van der Waals surface area contributed by atoms with Crippen molar-refractivity contribution in [3.63, 3.8) is 0 Å². The van der Waals surface area contributed by atoms with E-state index in [4.69, 9.17) is 16.6 Å². The lowest BCUT2D eigenvalue weighted by Gasteiger charge is -2.31. The predicted octanol–water partition coefficient (Wildman–Crippen LogP) is 4.88. The molecule has 1 amide bonds. The lowest BCUT2D eigenvalue weighted by Crippen LogP contribution is -2.39. The van der Waals surface area contributed by atoms with Crippen LogP contribution in [0.3, 0.4) is 0 Å². The summed E-state index contributed by atoms with van der Waals surface area (Å²) >= 11 is 7.51. The Bertz CT molecular complexity index is 1000. The number of nitrogens with zero attached hydrogens (tertiary/aromatic N) is 3. The largest absolute Gasteiger partial charge is 0.338 e. The van der Waals surface area contributed by atoms with E-state index in [1.807, 2.05) is 24.3 Å². The number of nitro benzene ring substituents is 1. The van der Waals surface area contributed by atoms with E-state index in [-0.39, 0.29) is 28.1 Å². The number of aromatic nitrogens is 1. The van der Waals surface area contributed by atoms with Crippen LogP contribution in [0.4, 0.5) is 5.69 Å². The summed E-state index contributed by atoms with van der Waals surface area (Å²) in [6.07, 6.45) is 1.79. The van der Waals surface area contributed by atoms with Gasteiger partial charge in [-0.1, -0.05) is 23.7 Å². The highest BCUT2D eigenvalue weighted by Gasteiger charge is 2.30. The van der Waals surface area contributed by atoms with Crippen molar-refractivity contribution in [2.45, 2.75) is 18.8 Å². The second-order valence-electron chi connectivity index (χ2n) is 6.53. The van der Waals surface area contributed by atoms with Gasteiger partial charge < -0.3 is 4.90 Å². The van der Waals surface area contributed by atoms with Crippen LogP contribution < -0.4 is 0 Å². The summed E-state index contributed by atoms with van der Waals surface area (Å²) in [5.74, 6) is -0.185. The van der Waals surface area contributed by atoms with Gasteiger partial charge in [-0.15, -0.1) is 11.3 Å². The molecule has 1 aliphatic rings. The lowest BCUT2D eigenvalue weighted by atomic mass is 9.97. The first kappa shape index (κ1) is 17.9. The molecule has 1 saturated heterocycles. The molecule has 0 N–H and O–H groups in total. The minimum Gasteiger partial charge on any atom is -0.338 e. The minimum atomic E-state index is -0.561. The molecule has 1 atom stereocenters. The smallest absolute Gasteiger partial charge is 0.283 e. The molecule has 2 heterocycles. The number of carbonyl (C=O) groups is 1. The zero-order valence-corrected chi connectivity index (χ0v) is 15.9. The van der Waals surface area contributed by atoms with Crippen LogP contribution in [0.2, 0.25) is 5.02 Å². The number of benzene rings is 2. The van der Waals surface area contributed by atoms with Gasteiger partial charge >= 0.3 is 0 Å². The van der Waals surface area contributed by atoms with Crippen LogP contribution in [-0.4, -0.2) is 33.8 Å². The van der Waals surface area contributed by atoms with Crippen molar-refractivity contribution < 1.29 is 9.72 Å². The van der Waals surface area contributed by atoms with Crippen molar-refractivity contribution in [2.24, 2.45) is 0 Å². The number of hydrogen-bond acceptors (Lipinski definition) is 5. The van der Waals surface area contributed by atoms with Crippen molar-refractivity contribution in [3.8, 4) is 0 Å². The van der Waals surface area contributed by atoms with Crippen molar-refractivity contribution in [3.05, 3.63) is 68.2 Å². The Morgan fingerprint density at radius 1 is 1.30 bits per heavy atom. The number of amides is 1. The van der Waals surface area contributed by atoms with Crippen LogP contribution in [0.15, 0.2) is 42.5 Å². The van der Waals surface area contributed by atoms with Gasteiger partial charge in [0.15, 0.2) is 0 Å². The van der Waals surface area contributed by atoms with Gasteiger partial charge in [0.25, 0.3) is 11.6 Å². The monoisotopic (exact) mass is 401 g/mol. The molecule has 1 fully saturated rings. The zero-order chi connectivity index (χ0) is 19.0. The molecule has 0 saturated carbocycles. The molecule has 1 unspecified atom stereocenters. The first-order valence-electron chi connectivity index (χ1n) is 8.61. The van der Waals surface area contributed by atoms with Gasteiger partial charge in [0, 0.05) is 30.1 Å². The Balaban J connectivity index is 1.59. The minimum absolute atomic E-state index is 0.0781. The number of para-hydroxylation sites is 1. The Labute approximate surface area is 164 Å². The fourth-order valence-electron chi connectivity index (χ4n) is 3.43. The van der Waals surface area contributed by atoms with Gasteiger partial charge in [-0.05, 0) is 37.1 Å². The van der Waals surface area contributed by atoms with E-state index in [1.54, 1.807) is 16.2 Å². The van der Waals surface area contributed by atoms with E-state index >= 15 is 0 Å². The van der Waals surface area contributed by atoms with E-state index in [1.165, 1.54) is 18.2 Å². The second kappa shape index (κ2) is 7.25. The maximum Gasteiger partial charge on any atom is 0.283 e. The second-order valence-corrected chi connectivity index (χ2v) is 8.03. The lowest BCUT2D eigenvalue weighted by molar-refractivity contribution is -0.385. The number of fused-ring (bicyclic) bond motifs is 1. The number of likely N-dealkylation sites (tertiary alicyclic amines) is 1. The third kappa shape index (κ3) is 3.52. The van der Waals surface area contributed by atoms with Gasteiger partial charge in [-0.25, -0.2) is 4.98 Å². The first-order chi connectivity index (χ1) is 13.0. The zero-order valence-electron chi connectivity index (χ0n) is 14.3. The number of nitro groups is 1. The highest BCUT2D eigenvalue weighted by Crippen LogP contribution is 2.34. The van der Waals surface area contributed by atoms with Crippen LogP contribution in [0.1, 0.15) is 34.1 Å². The Hall–Kier alpha value is -2.51. The number of rotatable bonds is 3. The quantitative estimate of drug-likeness (QED) is 0.463. The van der Waals surface area contributed by atoms with Gasteiger partial charge in [0.1, 0.15) is 5.56 Å². The SMILES string of the molecule is O=C(c1ccc(Cl)cc1[N+](=O)[O-])N1CCCC(c2nc3ccccc3s2)C1. The molecule has 0 bridgehead atoms. The molecule has 8 heteroatoms. The van der Waals surface area contributed by atoms with Crippen LogP contribution in [-0.2, 0) is 0 Å². The number of piperidine rings is 1.